The molecule has 10 heteroatoms. The highest BCUT2D eigenvalue weighted by molar-refractivity contribution is 7.88. The Labute approximate surface area is 177 Å². The lowest BCUT2D eigenvalue weighted by atomic mass is 9.93. The van der Waals surface area contributed by atoms with Crippen molar-refractivity contribution in [2.24, 2.45) is 0 Å². The minimum absolute atomic E-state index is 0.0275. The third kappa shape index (κ3) is 4.39. The first kappa shape index (κ1) is 22.4. The summed E-state index contributed by atoms with van der Waals surface area (Å²) in [6, 6.07) is 4.96. The van der Waals surface area contributed by atoms with Gasteiger partial charge in [0.15, 0.2) is 0 Å². The normalized spacial score (nSPS) is 23.5. The molecule has 1 aliphatic carbocycles. The van der Waals surface area contributed by atoms with E-state index in [0.717, 1.165) is 36.2 Å². The van der Waals surface area contributed by atoms with Gasteiger partial charge in [0.1, 0.15) is 17.0 Å². The molecule has 2 aliphatic rings. The van der Waals surface area contributed by atoms with Gasteiger partial charge in [0.25, 0.3) is 0 Å². The number of hydrogen-bond donors (Lipinski definition) is 1. The zero-order valence-electron chi connectivity index (χ0n) is 17.8. The number of carbonyl (C=O) groups excluding carboxylic acids is 2. The smallest absolute Gasteiger partial charge is 0.247 e. The van der Waals surface area contributed by atoms with Crippen molar-refractivity contribution in [2.45, 2.75) is 44.2 Å². The van der Waals surface area contributed by atoms with Crippen molar-refractivity contribution in [3.63, 3.8) is 0 Å². The van der Waals surface area contributed by atoms with Crippen molar-refractivity contribution in [3.8, 4) is 11.5 Å². The maximum Gasteiger partial charge on any atom is 0.247 e. The van der Waals surface area contributed by atoms with E-state index >= 15 is 0 Å². The summed E-state index contributed by atoms with van der Waals surface area (Å²) in [5, 5.41) is 3.02. The predicted molar refractivity (Wildman–Crippen MR) is 112 cm³/mol. The number of hydrogen-bond acceptors (Lipinski definition) is 6. The first-order chi connectivity index (χ1) is 14.1. The van der Waals surface area contributed by atoms with Crippen LogP contribution in [0.3, 0.4) is 0 Å². The highest BCUT2D eigenvalue weighted by Gasteiger charge is 2.50. The Morgan fingerprint density at radius 2 is 1.70 bits per heavy atom. The minimum atomic E-state index is -3.67. The number of benzene rings is 1. The SMILES string of the molecule is COc1cc(OC)cc(N2C(=O)CN(S(C)(=O)=O)C[C@@]2(C)C(=O)NC2CCCC2)c1. The highest BCUT2D eigenvalue weighted by Crippen LogP contribution is 2.36. The topological polar surface area (TPSA) is 105 Å². The molecule has 1 aromatic carbocycles. The van der Waals surface area contributed by atoms with E-state index < -0.39 is 21.5 Å². The highest BCUT2D eigenvalue weighted by atomic mass is 32.2. The maximum atomic E-state index is 13.4. The summed E-state index contributed by atoms with van der Waals surface area (Å²) in [6.07, 6.45) is 4.86. The van der Waals surface area contributed by atoms with Crippen LogP contribution in [0.15, 0.2) is 18.2 Å². The molecule has 3 rings (SSSR count). The minimum Gasteiger partial charge on any atom is -0.497 e. The molecular weight excluding hydrogens is 410 g/mol. The van der Waals surface area contributed by atoms with Crippen molar-refractivity contribution in [1.82, 2.24) is 9.62 Å². The van der Waals surface area contributed by atoms with Gasteiger partial charge in [0.2, 0.25) is 21.8 Å². The second-order valence-electron chi connectivity index (χ2n) is 8.06. The fourth-order valence-corrected chi connectivity index (χ4v) is 4.97. The van der Waals surface area contributed by atoms with Gasteiger partial charge in [-0.05, 0) is 19.8 Å². The van der Waals surface area contributed by atoms with Crippen LogP contribution in [0, 0.1) is 0 Å². The van der Waals surface area contributed by atoms with Crippen LogP contribution in [-0.4, -0.2) is 69.7 Å². The third-order valence-electron chi connectivity index (χ3n) is 5.78. The van der Waals surface area contributed by atoms with Gasteiger partial charge in [-0.3, -0.25) is 14.5 Å². The van der Waals surface area contributed by atoms with Crippen molar-refractivity contribution in [3.05, 3.63) is 18.2 Å². The van der Waals surface area contributed by atoms with E-state index in [2.05, 4.69) is 5.32 Å². The number of nitrogens with zero attached hydrogens (tertiary/aromatic N) is 2. The molecule has 1 aliphatic heterocycles. The number of anilines is 1. The molecule has 0 bridgehead atoms. The molecule has 9 nitrogen and oxygen atoms in total. The average molecular weight is 440 g/mol. The van der Waals surface area contributed by atoms with Crippen LogP contribution in [0.5, 0.6) is 11.5 Å². The van der Waals surface area contributed by atoms with E-state index in [1.807, 2.05) is 0 Å². The van der Waals surface area contributed by atoms with Gasteiger partial charge in [0, 0.05) is 30.8 Å². The summed E-state index contributed by atoms with van der Waals surface area (Å²) < 4.78 is 36.1. The fraction of sp³-hybridized carbons (Fsp3) is 0.600. The van der Waals surface area contributed by atoms with Crippen molar-refractivity contribution in [2.75, 3.05) is 38.5 Å². The van der Waals surface area contributed by atoms with Gasteiger partial charge in [-0.2, -0.15) is 4.31 Å². The van der Waals surface area contributed by atoms with Gasteiger partial charge in [-0.15, -0.1) is 0 Å². The molecule has 1 N–H and O–H groups in total. The molecular formula is C20H29N3O6S. The Morgan fingerprint density at radius 1 is 1.13 bits per heavy atom. The molecule has 1 saturated heterocycles. The molecule has 30 heavy (non-hydrogen) atoms. The zero-order chi connectivity index (χ0) is 22.1. The van der Waals surface area contributed by atoms with Gasteiger partial charge in [0.05, 0.1) is 32.7 Å². The molecule has 0 aromatic heterocycles. The number of nitrogens with one attached hydrogen (secondary N) is 1. The first-order valence-corrected chi connectivity index (χ1v) is 11.8. The summed E-state index contributed by atoms with van der Waals surface area (Å²) in [5.41, 5.74) is -1.02. The van der Waals surface area contributed by atoms with Crippen LogP contribution in [0.25, 0.3) is 0 Å². The van der Waals surface area contributed by atoms with E-state index in [-0.39, 0.29) is 25.0 Å². The molecule has 2 fully saturated rings. The molecule has 1 atom stereocenters. The van der Waals surface area contributed by atoms with E-state index in [9.17, 15) is 18.0 Å². The van der Waals surface area contributed by atoms with Crippen molar-refractivity contribution >= 4 is 27.5 Å². The first-order valence-electron chi connectivity index (χ1n) is 9.90. The number of amides is 2. The lowest BCUT2D eigenvalue weighted by Crippen LogP contribution is -2.70. The third-order valence-corrected chi connectivity index (χ3v) is 6.98. The van der Waals surface area contributed by atoms with Gasteiger partial charge >= 0.3 is 0 Å². The number of methoxy groups -OCH3 is 2. The second-order valence-corrected chi connectivity index (χ2v) is 10.0. The summed E-state index contributed by atoms with van der Waals surface area (Å²) in [7, 11) is -0.677. The standard InChI is InChI=1S/C20H29N3O6S/c1-20(19(25)21-14-7-5-6-8-14)13-22(30(4,26)27)12-18(24)23(20)15-9-16(28-2)11-17(10-15)29-3/h9-11,14H,5-8,12-13H2,1-4H3,(H,21,25)/t20-/m0/s1. The molecule has 0 radical (unpaired) electrons. The maximum absolute atomic E-state index is 13.4. The van der Waals surface area contributed by atoms with Crippen LogP contribution in [0.1, 0.15) is 32.6 Å². The van der Waals surface area contributed by atoms with Crippen molar-refractivity contribution in [1.29, 1.82) is 0 Å². The Morgan fingerprint density at radius 3 is 2.20 bits per heavy atom. The molecule has 2 amide bonds. The zero-order valence-corrected chi connectivity index (χ0v) is 18.6. The predicted octanol–water partition coefficient (Wildman–Crippen LogP) is 1.13. The van der Waals surface area contributed by atoms with Crippen molar-refractivity contribution < 1.29 is 27.5 Å². The average Bonchev–Trinajstić information content (AvgIpc) is 3.19. The number of sulfonamides is 1. The lowest BCUT2D eigenvalue weighted by molar-refractivity contribution is -0.133. The van der Waals surface area contributed by atoms with Crippen LogP contribution >= 0.6 is 0 Å². The molecule has 0 unspecified atom stereocenters. The van der Waals surface area contributed by atoms with E-state index in [1.165, 1.54) is 19.1 Å². The number of carbonyl (C=O) groups is 2. The van der Waals surface area contributed by atoms with E-state index in [1.54, 1.807) is 25.1 Å². The monoisotopic (exact) mass is 439 g/mol. The Hall–Kier alpha value is -2.33. The van der Waals surface area contributed by atoms with E-state index in [0.29, 0.717) is 17.2 Å². The quantitative estimate of drug-likeness (QED) is 0.712. The number of piperazine rings is 1. The van der Waals surface area contributed by atoms with Gasteiger partial charge in [-0.25, -0.2) is 8.42 Å². The molecule has 1 aromatic rings. The second kappa shape index (κ2) is 8.43. The number of rotatable bonds is 6. The van der Waals surface area contributed by atoms with Crippen LogP contribution in [-0.2, 0) is 19.6 Å². The Kier molecular flexibility index (Phi) is 6.28. The van der Waals surface area contributed by atoms with Gasteiger partial charge in [-0.1, -0.05) is 12.8 Å². The fourth-order valence-electron chi connectivity index (χ4n) is 4.14. The molecule has 166 valence electrons. The summed E-state index contributed by atoms with van der Waals surface area (Å²) >= 11 is 0. The Bertz CT molecular complexity index is 906. The number of ether oxygens (including phenoxy) is 2. The lowest BCUT2D eigenvalue weighted by Gasteiger charge is -2.46. The molecule has 1 heterocycles. The van der Waals surface area contributed by atoms with Gasteiger partial charge < -0.3 is 14.8 Å². The molecule has 0 spiro atoms. The van der Waals surface area contributed by atoms with Crippen LogP contribution in [0.4, 0.5) is 5.69 Å². The summed E-state index contributed by atoms with van der Waals surface area (Å²) in [5.74, 6) is 0.0476. The summed E-state index contributed by atoms with van der Waals surface area (Å²) in [6.45, 7) is 1.11. The Balaban J connectivity index is 2.06. The van der Waals surface area contributed by atoms with E-state index in [4.69, 9.17) is 9.47 Å². The van der Waals surface area contributed by atoms with Crippen LogP contribution < -0.4 is 19.7 Å². The molecule has 1 saturated carbocycles. The summed E-state index contributed by atoms with van der Waals surface area (Å²) in [4.78, 5) is 27.9. The van der Waals surface area contributed by atoms with Crippen LogP contribution in [0.2, 0.25) is 0 Å². The largest absolute Gasteiger partial charge is 0.497 e.